The quantitative estimate of drug-likeness (QED) is 0.675. The number of pyridine rings is 1. The molecule has 0 saturated heterocycles. The molecule has 1 aliphatic rings. The van der Waals surface area contributed by atoms with Crippen LogP contribution >= 0.6 is 0 Å². The van der Waals surface area contributed by atoms with Crippen molar-refractivity contribution in [2.75, 3.05) is 26.2 Å². The summed E-state index contributed by atoms with van der Waals surface area (Å²) in [6.07, 6.45) is 5.81. The van der Waals surface area contributed by atoms with Crippen molar-refractivity contribution in [1.29, 1.82) is 0 Å². The fourth-order valence-corrected chi connectivity index (χ4v) is 3.77. The van der Waals surface area contributed by atoms with Gasteiger partial charge in [0.2, 0.25) is 0 Å². The Bertz CT molecular complexity index is 1070. The third kappa shape index (κ3) is 3.47. The first kappa shape index (κ1) is 19.8. The van der Waals surface area contributed by atoms with Crippen molar-refractivity contribution in [2.45, 2.75) is 26.4 Å². The number of nitrogens with one attached hydrogen (secondary N) is 1. The molecule has 0 aliphatic carbocycles. The predicted octanol–water partition coefficient (Wildman–Crippen LogP) is 3.70. The highest BCUT2D eigenvalue weighted by Crippen LogP contribution is 2.41. The van der Waals surface area contributed by atoms with Gasteiger partial charge in [-0.3, -0.25) is 4.98 Å². The van der Waals surface area contributed by atoms with Crippen molar-refractivity contribution in [3.05, 3.63) is 60.1 Å². The van der Waals surface area contributed by atoms with E-state index in [0.29, 0.717) is 18.0 Å². The molecule has 0 radical (unpaired) electrons. The van der Waals surface area contributed by atoms with Crippen molar-refractivity contribution in [2.24, 2.45) is 0 Å². The normalized spacial score (nSPS) is 15.4. The Balaban J connectivity index is 1.75. The molecule has 3 aromatic rings. The summed E-state index contributed by atoms with van der Waals surface area (Å²) < 4.78 is 12.9. The summed E-state index contributed by atoms with van der Waals surface area (Å²) in [6.45, 7) is 4.92. The van der Waals surface area contributed by atoms with E-state index in [0.717, 1.165) is 28.5 Å². The number of ether oxygens (including phenoxy) is 2. The average molecular weight is 406 g/mol. The van der Waals surface area contributed by atoms with Gasteiger partial charge >= 0.3 is 0 Å². The number of anilines is 1. The molecule has 3 heterocycles. The molecule has 156 valence electrons. The van der Waals surface area contributed by atoms with Crippen molar-refractivity contribution in [3.8, 4) is 22.6 Å². The van der Waals surface area contributed by atoms with E-state index in [2.05, 4.69) is 35.2 Å². The van der Waals surface area contributed by atoms with Crippen LogP contribution in [0.3, 0.4) is 0 Å². The standard InChI is InChI=1S/C23H27N5O2/c1-15-12-21(25-14-17-8-10-24-11-9-17)28-23(27(15)3)22(16(2)26-28)18-6-7-19(29-4)20(13-18)30-5/h6-13,15,25H,14H2,1-5H3. The zero-order chi connectivity index (χ0) is 21.3. The van der Waals surface area contributed by atoms with Crippen LogP contribution in [-0.4, -0.2) is 42.1 Å². The lowest BCUT2D eigenvalue weighted by atomic mass is 10.0. The van der Waals surface area contributed by atoms with Crippen LogP contribution in [0.5, 0.6) is 11.5 Å². The summed E-state index contributed by atoms with van der Waals surface area (Å²) >= 11 is 0. The number of aromatic nitrogens is 3. The second-order valence-electron chi connectivity index (χ2n) is 7.38. The van der Waals surface area contributed by atoms with Gasteiger partial charge in [-0.1, -0.05) is 6.07 Å². The number of likely N-dealkylation sites (N-methyl/N-ethyl adjacent to an activating group) is 1. The molecule has 1 aromatic carbocycles. The molecule has 0 fully saturated rings. The molecule has 1 aliphatic heterocycles. The maximum atomic E-state index is 5.52. The monoisotopic (exact) mass is 405 g/mol. The first-order valence-corrected chi connectivity index (χ1v) is 9.93. The number of hydrogen-bond acceptors (Lipinski definition) is 6. The fourth-order valence-electron chi connectivity index (χ4n) is 3.77. The van der Waals surface area contributed by atoms with E-state index in [1.54, 1.807) is 26.6 Å². The first-order valence-electron chi connectivity index (χ1n) is 9.93. The second-order valence-corrected chi connectivity index (χ2v) is 7.38. The predicted molar refractivity (Wildman–Crippen MR) is 119 cm³/mol. The molecule has 7 heteroatoms. The van der Waals surface area contributed by atoms with Crippen LogP contribution in [0, 0.1) is 6.92 Å². The van der Waals surface area contributed by atoms with Crippen molar-refractivity contribution in [1.82, 2.24) is 20.1 Å². The number of fused-ring (bicyclic) bond motifs is 1. The van der Waals surface area contributed by atoms with Gasteiger partial charge in [0, 0.05) is 37.6 Å². The lowest BCUT2D eigenvalue weighted by molar-refractivity contribution is 0.355. The van der Waals surface area contributed by atoms with Gasteiger partial charge in [0.25, 0.3) is 0 Å². The van der Waals surface area contributed by atoms with Crippen LogP contribution in [-0.2, 0) is 6.54 Å². The second kappa shape index (κ2) is 8.10. The number of rotatable bonds is 6. The van der Waals surface area contributed by atoms with E-state index in [9.17, 15) is 0 Å². The Kier molecular flexibility index (Phi) is 5.35. The zero-order valence-corrected chi connectivity index (χ0v) is 18.0. The van der Waals surface area contributed by atoms with Crippen LogP contribution in [0.1, 0.15) is 18.2 Å². The number of methoxy groups -OCH3 is 2. The molecule has 1 unspecified atom stereocenters. The van der Waals surface area contributed by atoms with E-state index in [-0.39, 0.29) is 6.04 Å². The Morgan fingerprint density at radius 1 is 1.07 bits per heavy atom. The molecule has 2 aromatic heterocycles. The van der Waals surface area contributed by atoms with E-state index in [4.69, 9.17) is 14.6 Å². The molecule has 4 rings (SSSR count). The zero-order valence-electron chi connectivity index (χ0n) is 18.0. The number of aryl methyl sites for hydroxylation is 1. The molecule has 1 atom stereocenters. The minimum Gasteiger partial charge on any atom is -0.493 e. The number of nitrogens with zero attached hydrogens (tertiary/aromatic N) is 4. The van der Waals surface area contributed by atoms with Gasteiger partial charge in [-0.05, 0) is 55.3 Å². The van der Waals surface area contributed by atoms with Crippen molar-refractivity contribution < 1.29 is 9.47 Å². The Morgan fingerprint density at radius 2 is 1.80 bits per heavy atom. The Hall–Kier alpha value is -3.48. The van der Waals surface area contributed by atoms with Gasteiger partial charge in [-0.15, -0.1) is 0 Å². The fraction of sp³-hybridized carbons (Fsp3) is 0.304. The molecule has 0 spiro atoms. The van der Waals surface area contributed by atoms with Gasteiger partial charge < -0.3 is 19.7 Å². The number of hydrogen-bond donors (Lipinski definition) is 1. The topological polar surface area (TPSA) is 64.4 Å². The van der Waals surface area contributed by atoms with Crippen molar-refractivity contribution in [3.63, 3.8) is 0 Å². The van der Waals surface area contributed by atoms with Gasteiger partial charge in [0.15, 0.2) is 11.5 Å². The maximum Gasteiger partial charge on any atom is 0.161 e. The highest BCUT2D eigenvalue weighted by Gasteiger charge is 2.28. The third-order valence-electron chi connectivity index (χ3n) is 5.50. The third-order valence-corrected chi connectivity index (χ3v) is 5.50. The summed E-state index contributed by atoms with van der Waals surface area (Å²) in [5.74, 6) is 3.43. The van der Waals surface area contributed by atoms with E-state index < -0.39 is 0 Å². The average Bonchev–Trinajstić information content (AvgIpc) is 3.12. The van der Waals surface area contributed by atoms with Gasteiger partial charge in [0.05, 0.1) is 19.9 Å². The van der Waals surface area contributed by atoms with Crippen LogP contribution in [0.2, 0.25) is 0 Å². The summed E-state index contributed by atoms with van der Waals surface area (Å²) in [5, 5.41) is 8.40. The van der Waals surface area contributed by atoms with Gasteiger partial charge in [-0.2, -0.15) is 5.10 Å². The molecule has 0 saturated carbocycles. The van der Waals surface area contributed by atoms with Crippen LogP contribution in [0.4, 0.5) is 5.82 Å². The minimum absolute atomic E-state index is 0.215. The smallest absolute Gasteiger partial charge is 0.161 e. The first-order chi connectivity index (χ1) is 14.5. The Morgan fingerprint density at radius 3 is 2.50 bits per heavy atom. The Labute approximate surface area is 176 Å². The van der Waals surface area contributed by atoms with E-state index in [1.807, 2.05) is 41.9 Å². The lowest BCUT2D eigenvalue weighted by Crippen LogP contribution is -2.36. The summed E-state index contributed by atoms with van der Waals surface area (Å²) in [5.41, 5.74) is 4.25. The summed E-state index contributed by atoms with van der Waals surface area (Å²) in [7, 11) is 5.39. The minimum atomic E-state index is 0.215. The SMILES string of the molecule is COc1ccc(-c2c(C)nn3c2N(C)C(C)C=C3NCc2ccncc2)cc1OC. The van der Waals surface area contributed by atoms with Crippen molar-refractivity contribution >= 4 is 11.6 Å². The molecule has 1 N–H and O–H groups in total. The molecule has 7 nitrogen and oxygen atoms in total. The molecular formula is C23H27N5O2. The molecule has 30 heavy (non-hydrogen) atoms. The maximum absolute atomic E-state index is 5.52. The van der Waals surface area contributed by atoms with Gasteiger partial charge in [0.1, 0.15) is 11.6 Å². The molecule has 0 amide bonds. The highest BCUT2D eigenvalue weighted by molar-refractivity contribution is 5.83. The van der Waals surface area contributed by atoms with Crippen LogP contribution < -0.4 is 19.7 Å². The number of benzene rings is 1. The van der Waals surface area contributed by atoms with Crippen LogP contribution in [0.15, 0.2) is 48.8 Å². The summed E-state index contributed by atoms with van der Waals surface area (Å²) in [6, 6.07) is 10.2. The lowest BCUT2D eigenvalue weighted by Gasteiger charge is -2.32. The van der Waals surface area contributed by atoms with Gasteiger partial charge in [-0.25, -0.2) is 4.68 Å². The van der Waals surface area contributed by atoms with E-state index >= 15 is 0 Å². The van der Waals surface area contributed by atoms with Crippen LogP contribution in [0.25, 0.3) is 16.9 Å². The molecular weight excluding hydrogens is 378 g/mol. The largest absolute Gasteiger partial charge is 0.493 e. The van der Waals surface area contributed by atoms with E-state index in [1.165, 1.54) is 5.56 Å². The summed E-state index contributed by atoms with van der Waals surface area (Å²) in [4.78, 5) is 6.33. The molecule has 0 bridgehead atoms. The highest BCUT2D eigenvalue weighted by atomic mass is 16.5.